The fraction of sp³-hybridized carbons (Fsp3) is 0.727. The smallest absolute Gasteiger partial charge is 0.408 e. The molecule has 0 aliphatic heterocycles. The van der Waals surface area contributed by atoms with E-state index < -0.39 is 23.8 Å². The molecule has 40 heavy (non-hydrogen) atoms. The summed E-state index contributed by atoms with van der Waals surface area (Å²) in [5, 5.41) is 5.94. The first-order valence-electron chi connectivity index (χ1n) is 15.5. The van der Waals surface area contributed by atoms with E-state index in [4.69, 9.17) is 4.74 Å². The minimum Gasteiger partial charge on any atom is -0.444 e. The average molecular weight is 560 g/mol. The fourth-order valence-electron chi connectivity index (χ4n) is 4.85. The molecule has 0 aliphatic rings. The summed E-state index contributed by atoms with van der Waals surface area (Å²) in [5.41, 5.74) is 2.19. The first kappa shape index (κ1) is 35.5. The highest BCUT2D eigenvalue weighted by Gasteiger charge is 2.38. The molecule has 0 saturated carbocycles. The molecule has 1 aromatic rings. The Morgan fingerprint density at radius 2 is 1.45 bits per heavy atom. The van der Waals surface area contributed by atoms with Gasteiger partial charge >= 0.3 is 6.09 Å². The van der Waals surface area contributed by atoms with Gasteiger partial charge in [-0.05, 0) is 58.9 Å². The predicted octanol–water partition coefficient (Wildman–Crippen LogP) is 7.39. The van der Waals surface area contributed by atoms with Crippen LogP contribution in [-0.4, -0.2) is 47.5 Å². The molecule has 0 radical (unpaired) electrons. The fourth-order valence-corrected chi connectivity index (χ4v) is 4.85. The quantitative estimate of drug-likeness (QED) is 0.195. The van der Waals surface area contributed by atoms with Gasteiger partial charge in [-0.3, -0.25) is 9.59 Å². The van der Waals surface area contributed by atoms with Crippen molar-refractivity contribution in [2.45, 2.75) is 138 Å². The highest BCUT2D eigenvalue weighted by Crippen LogP contribution is 2.27. The summed E-state index contributed by atoms with van der Waals surface area (Å²) in [4.78, 5) is 42.8. The lowest BCUT2D eigenvalue weighted by atomic mass is 9.94. The zero-order valence-corrected chi connectivity index (χ0v) is 26.8. The molecular formula is C33H57N3O4. The number of carbonyl (C=O) groups is 3. The van der Waals surface area contributed by atoms with E-state index in [9.17, 15) is 14.4 Å². The van der Waals surface area contributed by atoms with Crippen LogP contribution < -0.4 is 10.6 Å². The monoisotopic (exact) mass is 559 g/mol. The average Bonchev–Trinajstić information content (AvgIpc) is 2.86. The first-order chi connectivity index (χ1) is 18.8. The van der Waals surface area contributed by atoms with Crippen LogP contribution in [0.2, 0.25) is 0 Å². The van der Waals surface area contributed by atoms with Crippen LogP contribution in [0.4, 0.5) is 4.79 Å². The van der Waals surface area contributed by atoms with Gasteiger partial charge in [-0.1, -0.05) is 102 Å². The molecule has 0 spiro atoms. The van der Waals surface area contributed by atoms with Crippen molar-refractivity contribution >= 4 is 17.9 Å². The number of rotatable bonds is 17. The van der Waals surface area contributed by atoms with Gasteiger partial charge in [0.25, 0.3) is 0 Å². The summed E-state index contributed by atoms with van der Waals surface area (Å²) in [6.07, 6.45) is 8.29. The number of hydrogen-bond donors (Lipinski definition) is 2. The molecule has 1 rings (SSSR count). The maximum Gasteiger partial charge on any atom is 0.408 e. The van der Waals surface area contributed by atoms with Crippen LogP contribution >= 0.6 is 0 Å². The van der Waals surface area contributed by atoms with Crippen molar-refractivity contribution < 1.29 is 19.1 Å². The normalized spacial score (nSPS) is 13.7. The Labute approximate surface area is 244 Å². The summed E-state index contributed by atoms with van der Waals surface area (Å²) in [6, 6.07) is 4.47. The molecule has 3 atom stereocenters. The zero-order valence-electron chi connectivity index (χ0n) is 26.8. The topological polar surface area (TPSA) is 87.7 Å². The predicted molar refractivity (Wildman–Crippen MR) is 164 cm³/mol. The van der Waals surface area contributed by atoms with E-state index in [1.807, 2.05) is 39.8 Å². The summed E-state index contributed by atoms with van der Waals surface area (Å²) in [7, 11) is 0. The van der Waals surface area contributed by atoms with Crippen LogP contribution in [0.1, 0.15) is 129 Å². The third kappa shape index (κ3) is 12.7. The number of nitrogens with zero attached hydrogens (tertiary/aromatic N) is 1. The molecule has 0 aromatic heterocycles. The SMILES string of the molecule is CCCCCCCCN(C(=O)C(NC(=O)OC(C)(C)C)C(C)CC)C(C(=O)NCCCC)c1cc(C)cc(C)c1. The lowest BCUT2D eigenvalue weighted by molar-refractivity contribution is -0.143. The number of nitrogens with one attached hydrogen (secondary N) is 2. The van der Waals surface area contributed by atoms with Gasteiger partial charge in [0.05, 0.1) is 0 Å². The third-order valence-corrected chi connectivity index (χ3v) is 7.14. The van der Waals surface area contributed by atoms with Gasteiger partial charge in [0.1, 0.15) is 17.7 Å². The Bertz CT molecular complexity index is 905. The van der Waals surface area contributed by atoms with Gasteiger partial charge in [0.2, 0.25) is 11.8 Å². The first-order valence-corrected chi connectivity index (χ1v) is 15.5. The van der Waals surface area contributed by atoms with Crippen LogP contribution in [0.15, 0.2) is 18.2 Å². The van der Waals surface area contributed by atoms with E-state index >= 15 is 0 Å². The Morgan fingerprint density at radius 3 is 2.00 bits per heavy atom. The van der Waals surface area contributed by atoms with Crippen LogP contribution in [0.3, 0.4) is 0 Å². The number of carbonyl (C=O) groups excluding carboxylic acids is 3. The number of benzene rings is 1. The van der Waals surface area contributed by atoms with Crippen molar-refractivity contribution in [2.24, 2.45) is 5.92 Å². The van der Waals surface area contributed by atoms with E-state index in [0.717, 1.165) is 55.2 Å². The van der Waals surface area contributed by atoms with E-state index in [-0.39, 0.29) is 17.7 Å². The van der Waals surface area contributed by atoms with Gasteiger partial charge in [-0.2, -0.15) is 0 Å². The van der Waals surface area contributed by atoms with E-state index in [2.05, 4.69) is 30.5 Å². The molecule has 3 unspecified atom stereocenters. The molecule has 0 fully saturated rings. The molecule has 0 aliphatic carbocycles. The largest absolute Gasteiger partial charge is 0.444 e. The van der Waals surface area contributed by atoms with Crippen LogP contribution in [-0.2, 0) is 14.3 Å². The van der Waals surface area contributed by atoms with Crippen molar-refractivity contribution in [3.8, 4) is 0 Å². The Morgan fingerprint density at radius 1 is 0.875 bits per heavy atom. The molecule has 228 valence electrons. The van der Waals surface area contributed by atoms with Gasteiger partial charge in [0, 0.05) is 13.1 Å². The lowest BCUT2D eigenvalue weighted by Crippen LogP contribution is -2.55. The van der Waals surface area contributed by atoms with E-state index in [1.165, 1.54) is 12.8 Å². The molecule has 0 saturated heterocycles. The Hall–Kier alpha value is -2.57. The zero-order chi connectivity index (χ0) is 30.3. The Kier molecular flexibility index (Phi) is 15.9. The number of amides is 3. The summed E-state index contributed by atoms with van der Waals surface area (Å²) in [6.45, 7) is 18.6. The van der Waals surface area contributed by atoms with Crippen molar-refractivity contribution in [3.63, 3.8) is 0 Å². The minimum atomic E-state index is -0.809. The van der Waals surface area contributed by atoms with Crippen molar-refractivity contribution in [1.82, 2.24) is 15.5 Å². The number of ether oxygens (including phenoxy) is 1. The molecule has 3 amide bonds. The third-order valence-electron chi connectivity index (χ3n) is 7.14. The second-order valence-corrected chi connectivity index (χ2v) is 12.3. The van der Waals surface area contributed by atoms with Crippen LogP contribution in [0.5, 0.6) is 0 Å². The maximum atomic E-state index is 14.4. The molecule has 2 N–H and O–H groups in total. The summed E-state index contributed by atoms with van der Waals surface area (Å²) >= 11 is 0. The van der Waals surface area contributed by atoms with Crippen molar-refractivity contribution in [2.75, 3.05) is 13.1 Å². The summed E-state index contributed by atoms with van der Waals surface area (Å²) < 4.78 is 5.52. The lowest BCUT2D eigenvalue weighted by Gasteiger charge is -2.36. The second kappa shape index (κ2) is 18.0. The highest BCUT2D eigenvalue weighted by atomic mass is 16.6. The minimum absolute atomic E-state index is 0.143. The van der Waals surface area contributed by atoms with Gasteiger partial charge in [-0.25, -0.2) is 4.79 Å². The molecule has 7 heteroatoms. The van der Waals surface area contributed by atoms with Gasteiger partial charge in [0.15, 0.2) is 0 Å². The van der Waals surface area contributed by atoms with Gasteiger partial charge in [-0.15, -0.1) is 0 Å². The number of alkyl carbamates (subject to hydrolysis) is 1. The van der Waals surface area contributed by atoms with Crippen molar-refractivity contribution in [1.29, 1.82) is 0 Å². The Balaban J connectivity index is 3.50. The molecule has 1 aromatic carbocycles. The molecule has 0 bridgehead atoms. The molecular weight excluding hydrogens is 502 g/mol. The number of hydrogen-bond acceptors (Lipinski definition) is 4. The molecule has 7 nitrogen and oxygen atoms in total. The number of unbranched alkanes of at least 4 members (excludes halogenated alkanes) is 6. The molecule has 0 heterocycles. The van der Waals surface area contributed by atoms with Crippen LogP contribution in [0.25, 0.3) is 0 Å². The highest BCUT2D eigenvalue weighted by molar-refractivity contribution is 5.92. The standard InChI is InChI=1S/C33H57N3O4/c1-10-13-15-16-17-18-20-36(31(38)28(26(6)12-3)35-32(39)40-33(7,8)9)29(30(37)34-19-14-11-2)27-22-24(4)21-25(5)23-27/h21-23,26,28-29H,10-20H2,1-9H3,(H,34,37)(H,35,39). The van der Waals surface area contributed by atoms with Gasteiger partial charge < -0.3 is 20.3 Å². The number of aryl methyl sites for hydroxylation is 2. The van der Waals surface area contributed by atoms with E-state index in [1.54, 1.807) is 25.7 Å². The summed E-state index contributed by atoms with van der Waals surface area (Å²) in [5.74, 6) is -0.573. The maximum absolute atomic E-state index is 14.4. The van der Waals surface area contributed by atoms with Crippen molar-refractivity contribution in [3.05, 3.63) is 34.9 Å². The van der Waals surface area contributed by atoms with Crippen LogP contribution in [0, 0.1) is 19.8 Å². The van der Waals surface area contributed by atoms with E-state index in [0.29, 0.717) is 19.5 Å². The second-order valence-electron chi connectivity index (χ2n) is 12.3.